The van der Waals surface area contributed by atoms with Crippen molar-refractivity contribution in [3.63, 3.8) is 0 Å². The van der Waals surface area contributed by atoms with Gasteiger partial charge in [0.1, 0.15) is 17.1 Å². The molecule has 0 radical (unpaired) electrons. The third-order valence-electron chi connectivity index (χ3n) is 6.33. The van der Waals surface area contributed by atoms with E-state index in [1.54, 1.807) is 17.0 Å². The van der Waals surface area contributed by atoms with E-state index in [0.29, 0.717) is 60.8 Å². The van der Waals surface area contributed by atoms with Gasteiger partial charge < -0.3 is 20.3 Å². The Labute approximate surface area is 216 Å². The Hall–Kier alpha value is -3.72. The molecule has 1 fully saturated rings. The molecule has 2 N–H and O–H groups in total. The maximum absolute atomic E-state index is 14.2. The number of halogens is 1. The molecule has 9 heteroatoms. The molecule has 8 nitrogen and oxygen atoms in total. The normalized spacial score (nSPS) is 14.1. The number of benzene rings is 2. The molecule has 2 heterocycles. The van der Waals surface area contributed by atoms with Crippen LogP contribution in [0, 0.1) is 12.7 Å². The van der Waals surface area contributed by atoms with Gasteiger partial charge in [0.25, 0.3) is 5.56 Å². The van der Waals surface area contributed by atoms with E-state index in [1.807, 2.05) is 62.9 Å². The molecule has 0 saturated carbocycles. The first-order valence-electron chi connectivity index (χ1n) is 12.4. The van der Waals surface area contributed by atoms with Crippen LogP contribution in [0.25, 0.3) is 11.3 Å². The van der Waals surface area contributed by atoms with Gasteiger partial charge >= 0.3 is 6.09 Å². The van der Waals surface area contributed by atoms with E-state index < -0.39 is 5.60 Å². The van der Waals surface area contributed by atoms with Crippen molar-refractivity contribution in [2.75, 3.05) is 31.1 Å². The number of piperazine rings is 1. The zero-order chi connectivity index (χ0) is 26.7. The molecule has 0 spiro atoms. The Bertz CT molecular complexity index is 1330. The lowest BCUT2D eigenvalue weighted by Crippen LogP contribution is -2.51. The van der Waals surface area contributed by atoms with E-state index in [0.717, 1.165) is 5.56 Å². The highest BCUT2D eigenvalue weighted by atomic mass is 19.1. The lowest BCUT2D eigenvalue weighted by atomic mass is 10.0. The van der Waals surface area contributed by atoms with Gasteiger partial charge in [-0.3, -0.25) is 4.79 Å². The van der Waals surface area contributed by atoms with Crippen molar-refractivity contribution >= 4 is 11.8 Å². The molecule has 1 aliphatic rings. The number of carbonyl (C=O) groups is 1. The first-order chi connectivity index (χ1) is 17.6. The van der Waals surface area contributed by atoms with Crippen LogP contribution in [0.1, 0.15) is 37.5 Å². The van der Waals surface area contributed by atoms with Gasteiger partial charge in [-0.15, -0.1) is 0 Å². The lowest BCUT2D eigenvalue weighted by molar-refractivity contribution is 0.0240. The van der Waals surface area contributed by atoms with Crippen LogP contribution in [0.2, 0.25) is 0 Å². The van der Waals surface area contributed by atoms with Crippen molar-refractivity contribution in [3.8, 4) is 11.3 Å². The summed E-state index contributed by atoms with van der Waals surface area (Å²) in [6.07, 6.45) is -0.360. The maximum Gasteiger partial charge on any atom is 0.410 e. The molecule has 3 aromatic rings. The number of carbonyl (C=O) groups excluding carboxylic acids is 1. The van der Waals surface area contributed by atoms with Gasteiger partial charge in [0.2, 0.25) is 0 Å². The third-order valence-corrected chi connectivity index (χ3v) is 6.33. The Kier molecular flexibility index (Phi) is 7.63. The van der Waals surface area contributed by atoms with Crippen molar-refractivity contribution in [2.24, 2.45) is 5.73 Å². The minimum Gasteiger partial charge on any atom is -0.444 e. The second kappa shape index (κ2) is 10.7. The molecule has 2 aromatic carbocycles. The first kappa shape index (κ1) is 26.3. The average molecular weight is 508 g/mol. The smallest absolute Gasteiger partial charge is 0.410 e. The van der Waals surface area contributed by atoms with Crippen LogP contribution in [-0.2, 0) is 17.8 Å². The van der Waals surface area contributed by atoms with Crippen LogP contribution < -0.4 is 16.2 Å². The number of ether oxygens (including phenoxy) is 1. The summed E-state index contributed by atoms with van der Waals surface area (Å²) in [5, 5.41) is 4.71. The van der Waals surface area contributed by atoms with Crippen LogP contribution in [0.4, 0.5) is 14.9 Å². The fourth-order valence-corrected chi connectivity index (χ4v) is 4.46. The van der Waals surface area contributed by atoms with Crippen molar-refractivity contribution < 1.29 is 13.9 Å². The monoisotopic (exact) mass is 507 g/mol. The van der Waals surface area contributed by atoms with Gasteiger partial charge in [0.15, 0.2) is 0 Å². The topological polar surface area (TPSA) is 93.7 Å². The van der Waals surface area contributed by atoms with Crippen molar-refractivity contribution in [1.82, 2.24) is 14.7 Å². The summed E-state index contributed by atoms with van der Waals surface area (Å²) in [6, 6.07) is 14.4. The van der Waals surface area contributed by atoms with Gasteiger partial charge in [-0.05, 0) is 51.5 Å². The van der Waals surface area contributed by atoms with E-state index >= 15 is 0 Å². The second-order valence-corrected chi connectivity index (χ2v) is 10.2. The SMILES string of the molecule is Cc1c(-c2ccc(F)c(CN)c2)nn(Cc2ccccc2)c(=O)c1N1CCN(C(=O)OC(C)(C)C)CC1. The molecule has 0 unspecified atom stereocenters. The number of aromatic nitrogens is 2. The zero-order valence-electron chi connectivity index (χ0n) is 21.8. The second-order valence-electron chi connectivity index (χ2n) is 10.2. The summed E-state index contributed by atoms with van der Waals surface area (Å²) in [6.45, 7) is 9.53. The molecular weight excluding hydrogens is 473 g/mol. The molecule has 1 amide bonds. The summed E-state index contributed by atoms with van der Waals surface area (Å²) >= 11 is 0. The van der Waals surface area contributed by atoms with Crippen LogP contribution in [0.15, 0.2) is 53.3 Å². The van der Waals surface area contributed by atoms with E-state index in [1.165, 1.54) is 10.7 Å². The summed E-state index contributed by atoms with van der Waals surface area (Å²) in [5.74, 6) is -0.375. The van der Waals surface area contributed by atoms with Crippen LogP contribution >= 0.6 is 0 Å². The van der Waals surface area contributed by atoms with Crippen molar-refractivity contribution in [2.45, 2.75) is 46.4 Å². The summed E-state index contributed by atoms with van der Waals surface area (Å²) < 4.78 is 21.2. The van der Waals surface area contributed by atoms with E-state index in [-0.39, 0.29) is 24.0 Å². The highest BCUT2D eigenvalue weighted by molar-refractivity contribution is 5.71. The number of rotatable bonds is 5. The molecule has 0 atom stereocenters. The predicted molar refractivity (Wildman–Crippen MR) is 142 cm³/mol. The molecule has 1 aromatic heterocycles. The largest absolute Gasteiger partial charge is 0.444 e. The zero-order valence-corrected chi connectivity index (χ0v) is 21.8. The molecule has 4 rings (SSSR count). The third kappa shape index (κ3) is 5.99. The quantitative estimate of drug-likeness (QED) is 0.563. The van der Waals surface area contributed by atoms with Crippen LogP contribution in [0.3, 0.4) is 0 Å². The van der Waals surface area contributed by atoms with Gasteiger partial charge in [-0.2, -0.15) is 5.10 Å². The molecule has 0 aliphatic carbocycles. The summed E-state index contributed by atoms with van der Waals surface area (Å²) in [7, 11) is 0. The number of amides is 1. The number of nitrogens with two attached hydrogens (primary N) is 1. The number of hydrogen-bond acceptors (Lipinski definition) is 6. The predicted octanol–water partition coefficient (Wildman–Crippen LogP) is 3.92. The Morgan fingerprint density at radius 2 is 1.76 bits per heavy atom. The molecule has 0 bridgehead atoms. The minimum absolute atomic E-state index is 0.0574. The maximum atomic E-state index is 14.2. The van der Waals surface area contributed by atoms with Gasteiger partial charge in [0.05, 0.1) is 12.2 Å². The first-order valence-corrected chi connectivity index (χ1v) is 12.4. The Morgan fingerprint density at radius 3 is 2.38 bits per heavy atom. The lowest BCUT2D eigenvalue weighted by Gasteiger charge is -2.37. The number of hydrogen-bond donors (Lipinski definition) is 1. The number of nitrogens with zero attached hydrogens (tertiary/aromatic N) is 4. The minimum atomic E-state index is -0.576. The number of anilines is 1. The molecular formula is C28H34FN5O3. The Balaban J connectivity index is 1.72. The molecule has 196 valence electrons. The van der Waals surface area contributed by atoms with Crippen molar-refractivity contribution in [3.05, 3.63) is 81.4 Å². The van der Waals surface area contributed by atoms with E-state index in [2.05, 4.69) is 0 Å². The fourth-order valence-electron chi connectivity index (χ4n) is 4.46. The van der Waals surface area contributed by atoms with Crippen LogP contribution in [0.5, 0.6) is 0 Å². The molecule has 37 heavy (non-hydrogen) atoms. The molecule has 1 saturated heterocycles. The van der Waals surface area contributed by atoms with Crippen molar-refractivity contribution in [1.29, 1.82) is 0 Å². The average Bonchev–Trinajstić information content (AvgIpc) is 2.86. The standard InChI is InChI=1S/C28H34FN5O3/c1-19-24(21-10-11-23(29)22(16-21)17-30)31-34(18-20-8-6-5-7-9-20)26(35)25(19)32-12-14-33(15-13-32)27(36)37-28(2,3)4/h5-11,16H,12-15,17-18,30H2,1-4H3. The fraction of sp³-hybridized carbons (Fsp3) is 0.393. The Morgan fingerprint density at radius 1 is 1.08 bits per heavy atom. The summed E-state index contributed by atoms with van der Waals surface area (Å²) in [4.78, 5) is 29.9. The van der Waals surface area contributed by atoms with Gasteiger partial charge in [0, 0.05) is 49.4 Å². The van der Waals surface area contributed by atoms with E-state index in [9.17, 15) is 14.0 Å². The highest BCUT2D eigenvalue weighted by Gasteiger charge is 2.29. The molecule has 1 aliphatic heterocycles. The van der Waals surface area contributed by atoms with Crippen LogP contribution in [-0.4, -0.2) is 52.6 Å². The van der Waals surface area contributed by atoms with Gasteiger partial charge in [-0.1, -0.05) is 30.3 Å². The highest BCUT2D eigenvalue weighted by Crippen LogP contribution is 2.29. The van der Waals surface area contributed by atoms with Gasteiger partial charge in [-0.25, -0.2) is 13.9 Å². The van der Waals surface area contributed by atoms with E-state index in [4.69, 9.17) is 15.6 Å². The summed E-state index contributed by atoms with van der Waals surface area (Å²) in [5.41, 5.74) is 8.80.